The molecule has 1 unspecified atom stereocenters. The Balaban J connectivity index is 2.00. The summed E-state index contributed by atoms with van der Waals surface area (Å²) in [5.41, 5.74) is 0.192. The molecular formula is C17H19NO3. The van der Waals surface area contributed by atoms with Crippen LogP contribution in [0.1, 0.15) is 18.9 Å². The molecule has 21 heavy (non-hydrogen) atoms. The molecular weight excluding hydrogens is 266 g/mol. The van der Waals surface area contributed by atoms with Gasteiger partial charge in [-0.25, -0.2) is 0 Å². The molecule has 4 heteroatoms. The number of benzene rings is 2. The number of carbonyl (C=O) groups is 1. The van der Waals surface area contributed by atoms with Gasteiger partial charge in [-0.1, -0.05) is 30.3 Å². The summed E-state index contributed by atoms with van der Waals surface area (Å²) in [7, 11) is 1.59. The van der Waals surface area contributed by atoms with Gasteiger partial charge in [0, 0.05) is 5.69 Å². The number of carbonyl (C=O) groups excluding carboxylic acids is 1. The molecule has 0 aromatic heterocycles. The van der Waals surface area contributed by atoms with E-state index < -0.39 is 5.60 Å². The van der Waals surface area contributed by atoms with Crippen LogP contribution in [-0.2, 0) is 10.4 Å². The summed E-state index contributed by atoms with van der Waals surface area (Å²) in [6.07, 6.45) is -0.0109. The first-order valence-corrected chi connectivity index (χ1v) is 6.73. The molecule has 0 bridgehead atoms. The van der Waals surface area contributed by atoms with Gasteiger partial charge in [-0.15, -0.1) is 0 Å². The Labute approximate surface area is 124 Å². The number of rotatable bonds is 5. The van der Waals surface area contributed by atoms with Gasteiger partial charge >= 0.3 is 0 Å². The molecule has 4 nitrogen and oxygen atoms in total. The third-order valence-corrected chi connectivity index (χ3v) is 3.27. The zero-order chi connectivity index (χ0) is 15.3. The molecule has 0 fully saturated rings. The van der Waals surface area contributed by atoms with Gasteiger partial charge in [0.15, 0.2) is 0 Å². The molecule has 0 saturated heterocycles. The predicted octanol–water partition coefficient (Wildman–Crippen LogP) is 2.93. The summed E-state index contributed by atoms with van der Waals surface area (Å²) in [5.74, 6) is 0.485. The lowest BCUT2D eigenvalue weighted by Gasteiger charge is -2.23. The fourth-order valence-corrected chi connectivity index (χ4v) is 2.09. The van der Waals surface area contributed by atoms with Crippen LogP contribution >= 0.6 is 0 Å². The highest BCUT2D eigenvalue weighted by Crippen LogP contribution is 2.25. The molecule has 1 amide bonds. The first-order valence-electron chi connectivity index (χ1n) is 6.73. The van der Waals surface area contributed by atoms with Crippen LogP contribution in [0.4, 0.5) is 5.69 Å². The average Bonchev–Trinajstić information content (AvgIpc) is 2.48. The summed E-state index contributed by atoms with van der Waals surface area (Å²) in [6.45, 7) is 1.63. The van der Waals surface area contributed by atoms with E-state index in [1.807, 2.05) is 18.2 Å². The van der Waals surface area contributed by atoms with E-state index in [-0.39, 0.29) is 12.3 Å². The molecule has 0 saturated carbocycles. The maximum atomic E-state index is 12.1. The quantitative estimate of drug-likeness (QED) is 0.888. The van der Waals surface area contributed by atoms with Gasteiger partial charge in [-0.05, 0) is 36.8 Å². The van der Waals surface area contributed by atoms with Crippen molar-refractivity contribution in [2.45, 2.75) is 18.9 Å². The number of anilines is 1. The van der Waals surface area contributed by atoms with Gasteiger partial charge in [0.2, 0.25) is 5.91 Å². The topological polar surface area (TPSA) is 58.6 Å². The Morgan fingerprint density at radius 1 is 1.14 bits per heavy atom. The van der Waals surface area contributed by atoms with Crippen LogP contribution in [-0.4, -0.2) is 18.1 Å². The molecule has 2 aromatic carbocycles. The van der Waals surface area contributed by atoms with Gasteiger partial charge in [0.1, 0.15) is 5.75 Å². The maximum absolute atomic E-state index is 12.1. The van der Waals surface area contributed by atoms with E-state index in [1.54, 1.807) is 50.4 Å². The van der Waals surface area contributed by atoms with E-state index in [0.717, 1.165) is 11.3 Å². The number of ether oxygens (including phenoxy) is 1. The molecule has 110 valence electrons. The van der Waals surface area contributed by atoms with Gasteiger partial charge in [0.25, 0.3) is 0 Å². The Kier molecular flexibility index (Phi) is 4.60. The number of amides is 1. The second-order valence-corrected chi connectivity index (χ2v) is 5.09. The maximum Gasteiger partial charge on any atom is 0.227 e. The van der Waals surface area contributed by atoms with Gasteiger partial charge in [-0.2, -0.15) is 0 Å². The van der Waals surface area contributed by atoms with Crippen molar-refractivity contribution < 1.29 is 14.6 Å². The van der Waals surface area contributed by atoms with Crippen LogP contribution in [0, 0.1) is 0 Å². The summed E-state index contributed by atoms with van der Waals surface area (Å²) in [4.78, 5) is 12.1. The molecule has 0 aliphatic carbocycles. The Bertz CT molecular complexity index is 591. The van der Waals surface area contributed by atoms with Crippen LogP contribution in [0.15, 0.2) is 54.6 Å². The van der Waals surface area contributed by atoms with E-state index in [4.69, 9.17) is 4.74 Å². The standard InChI is InChI=1S/C17H19NO3/c1-17(20,13-6-4-3-5-7-13)12-16(19)18-14-8-10-15(21-2)11-9-14/h3-11,20H,12H2,1-2H3,(H,18,19). The van der Waals surface area contributed by atoms with Crippen molar-refractivity contribution in [1.82, 2.24) is 0 Å². The van der Waals surface area contributed by atoms with Crippen LogP contribution in [0.2, 0.25) is 0 Å². The minimum Gasteiger partial charge on any atom is -0.497 e. The summed E-state index contributed by atoms with van der Waals surface area (Å²) >= 11 is 0. The highest BCUT2D eigenvalue weighted by molar-refractivity contribution is 5.91. The molecule has 0 aliphatic rings. The zero-order valence-electron chi connectivity index (χ0n) is 12.2. The highest BCUT2D eigenvalue weighted by Gasteiger charge is 2.26. The fourth-order valence-electron chi connectivity index (χ4n) is 2.09. The van der Waals surface area contributed by atoms with Gasteiger partial charge in [0.05, 0.1) is 19.1 Å². The van der Waals surface area contributed by atoms with Crippen LogP contribution in [0.3, 0.4) is 0 Å². The average molecular weight is 285 g/mol. The SMILES string of the molecule is COc1ccc(NC(=O)CC(C)(O)c2ccccc2)cc1. The van der Waals surface area contributed by atoms with Crippen molar-refractivity contribution in [2.75, 3.05) is 12.4 Å². The predicted molar refractivity (Wildman–Crippen MR) is 82.3 cm³/mol. The van der Waals surface area contributed by atoms with Crippen molar-refractivity contribution in [3.05, 3.63) is 60.2 Å². The molecule has 1 atom stereocenters. The smallest absolute Gasteiger partial charge is 0.227 e. The summed E-state index contributed by atoms with van der Waals surface area (Å²) < 4.78 is 5.06. The van der Waals surface area contributed by atoms with Crippen LogP contribution < -0.4 is 10.1 Å². The molecule has 0 heterocycles. The van der Waals surface area contributed by atoms with E-state index in [2.05, 4.69) is 5.32 Å². The minimum absolute atomic E-state index is 0.0109. The van der Waals surface area contributed by atoms with E-state index in [1.165, 1.54) is 0 Å². The zero-order valence-corrected chi connectivity index (χ0v) is 12.2. The fraction of sp³-hybridized carbons (Fsp3) is 0.235. The van der Waals surface area contributed by atoms with Gasteiger partial charge < -0.3 is 15.2 Å². The molecule has 0 aliphatic heterocycles. The third-order valence-electron chi connectivity index (χ3n) is 3.27. The van der Waals surface area contributed by atoms with Crippen molar-refractivity contribution in [3.63, 3.8) is 0 Å². The summed E-state index contributed by atoms with van der Waals surface area (Å²) in [5, 5.41) is 13.2. The molecule has 0 radical (unpaired) electrons. The van der Waals surface area contributed by atoms with E-state index in [9.17, 15) is 9.90 Å². The molecule has 2 rings (SSSR count). The molecule has 2 N–H and O–H groups in total. The van der Waals surface area contributed by atoms with Crippen LogP contribution in [0.5, 0.6) is 5.75 Å². The number of aliphatic hydroxyl groups is 1. The largest absolute Gasteiger partial charge is 0.497 e. The Hall–Kier alpha value is -2.33. The second kappa shape index (κ2) is 6.41. The monoisotopic (exact) mass is 285 g/mol. The number of nitrogens with one attached hydrogen (secondary N) is 1. The molecule has 0 spiro atoms. The lowest BCUT2D eigenvalue weighted by atomic mass is 9.92. The van der Waals surface area contributed by atoms with Crippen molar-refractivity contribution in [1.29, 1.82) is 0 Å². The number of hydrogen-bond donors (Lipinski definition) is 2. The van der Waals surface area contributed by atoms with Crippen molar-refractivity contribution in [3.8, 4) is 5.75 Å². The van der Waals surface area contributed by atoms with Crippen molar-refractivity contribution >= 4 is 11.6 Å². The number of hydrogen-bond acceptors (Lipinski definition) is 3. The minimum atomic E-state index is -1.20. The number of methoxy groups -OCH3 is 1. The highest BCUT2D eigenvalue weighted by atomic mass is 16.5. The first kappa shape index (κ1) is 15.1. The third kappa shape index (κ3) is 4.07. The lowest BCUT2D eigenvalue weighted by molar-refractivity contribution is -0.120. The Morgan fingerprint density at radius 2 is 1.76 bits per heavy atom. The second-order valence-electron chi connectivity index (χ2n) is 5.09. The Morgan fingerprint density at radius 3 is 2.33 bits per heavy atom. The molecule has 2 aromatic rings. The first-order chi connectivity index (χ1) is 10.0. The summed E-state index contributed by atoms with van der Waals surface area (Å²) in [6, 6.07) is 16.2. The normalized spacial score (nSPS) is 13.3. The van der Waals surface area contributed by atoms with Gasteiger partial charge in [-0.3, -0.25) is 4.79 Å². The van der Waals surface area contributed by atoms with Crippen molar-refractivity contribution in [2.24, 2.45) is 0 Å². The lowest BCUT2D eigenvalue weighted by Crippen LogP contribution is -2.28. The van der Waals surface area contributed by atoms with E-state index >= 15 is 0 Å². The van der Waals surface area contributed by atoms with Crippen LogP contribution in [0.25, 0.3) is 0 Å². The van der Waals surface area contributed by atoms with E-state index in [0.29, 0.717) is 5.69 Å².